The molecule has 0 saturated carbocycles. The van der Waals surface area contributed by atoms with Crippen LogP contribution in [0.2, 0.25) is 0 Å². The van der Waals surface area contributed by atoms with E-state index in [-0.39, 0.29) is 11.8 Å². The molecule has 0 spiro atoms. The number of ether oxygens (including phenoxy) is 2. The number of nitrogens with zero attached hydrogens (tertiary/aromatic N) is 4. The first-order valence-corrected chi connectivity index (χ1v) is 10.7. The van der Waals surface area contributed by atoms with Crippen LogP contribution in [0.25, 0.3) is 22.4 Å². The predicted molar refractivity (Wildman–Crippen MR) is 117 cm³/mol. The van der Waals surface area contributed by atoms with Gasteiger partial charge in [-0.15, -0.1) is 10.2 Å². The first-order chi connectivity index (χ1) is 15.5. The van der Waals surface area contributed by atoms with Crippen LogP contribution in [-0.2, 0) is 0 Å². The average Bonchev–Trinajstić information content (AvgIpc) is 3.09. The monoisotopic (exact) mass is 436 g/mol. The molecular weight excluding hydrogens is 411 g/mol. The van der Waals surface area contributed by atoms with Crippen LogP contribution in [0.3, 0.4) is 0 Å². The number of halogens is 1. The molecule has 1 aromatic carbocycles. The van der Waals surface area contributed by atoms with Crippen molar-refractivity contribution in [3.05, 3.63) is 48.7 Å². The molecule has 4 atom stereocenters. The van der Waals surface area contributed by atoms with Crippen molar-refractivity contribution in [2.45, 2.75) is 43.6 Å². The number of aromatic nitrogens is 3. The SMILES string of the molecule is COc1cc(-c2ccc(-c3ccc(O[C@H]4C[C@@H]5CC[C@H]([C@H]4F)N5C)nn3)c(O)c2)ccn1. The zero-order valence-electron chi connectivity index (χ0n) is 18.0. The molecule has 1 N–H and O–H groups in total. The molecule has 2 bridgehead atoms. The molecule has 0 radical (unpaired) electrons. The highest BCUT2D eigenvalue weighted by molar-refractivity contribution is 5.74. The molecule has 2 aliphatic heterocycles. The molecule has 2 saturated heterocycles. The van der Waals surface area contributed by atoms with E-state index in [4.69, 9.17) is 9.47 Å². The summed E-state index contributed by atoms with van der Waals surface area (Å²) in [7, 11) is 3.55. The minimum absolute atomic E-state index is 0.0805. The molecule has 2 aliphatic rings. The molecule has 32 heavy (non-hydrogen) atoms. The number of aromatic hydroxyl groups is 1. The number of hydrogen-bond donors (Lipinski definition) is 1. The molecule has 0 unspecified atom stereocenters. The van der Waals surface area contributed by atoms with Gasteiger partial charge in [-0.2, -0.15) is 0 Å². The van der Waals surface area contributed by atoms with Gasteiger partial charge in [-0.05, 0) is 55.3 Å². The van der Waals surface area contributed by atoms with Crippen molar-refractivity contribution in [2.75, 3.05) is 14.2 Å². The third kappa shape index (κ3) is 3.75. The Morgan fingerprint density at radius 1 is 1.03 bits per heavy atom. The van der Waals surface area contributed by atoms with E-state index in [0.717, 1.165) is 24.0 Å². The number of alkyl halides is 1. The van der Waals surface area contributed by atoms with Crippen molar-refractivity contribution < 1.29 is 19.0 Å². The molecule has 3 aromatic rings. The highest BCUT2D eigenvalue weighted by Gasteiger charge is 2.47. The molecular formula is C24H25FN4O3. The highest BCUT2D eigenvalue weighted by atomic mass is 19.1. The van der Waals surface area contributed by atoms with Gasteiger partial charge in [0.05, 0.1) is 12.8 Å². The van der Waals surface area contributed by atoms with Crippen LogP contribution in [0.1, 0.15) is 19.3 Å². The van der Waals surface area contributed by atoms with Crippen LogP contribution < -0.4 is 9.47 Å². The molecule has 8 heteroatoms. The van der Waals surface area contributed by atoms with Crippen molar-refractivity contribution in [1.29, 1.82) is 0 Å². The van der Waals surface area contributed by atoms with Crippen LogP contribution >= 0.6 is 0 Å². The molecule has 0 aliphatic carbocycles. The molecule has 2 aromatic heterocycles. The van der Waals surface area contributed by atoms with Crippen molar-refractivity contribution >= 4 is 0 Å². The Morgan fingerprint density at radius 2 is 1.88 bits per heavy atom. The number of pyridine rings is 1. The molecule has 0 amide bonds. The second-order valence-electron chi connectivity index (χ2n) is 8.38. The standard InChI is InChI=1S/C24H25FN4O3/c1-29-16-4-7-19(29)24(25)21(13-16)32-22-8-6-18(27-28-22)17-5-3-14(11-20(17)30)15-9-10-26-23(12-15)31-2/h3,5-6,8-12,16,19,21,24,30H,4,7,13H2,1-2H3/t16-,19+,21-,24+/m0/s1. The summed E-state index contributed by atoms with van der Waals surface area (Å²) < 4.78 is 25.9. The fraction of sp³-hybridized carbons (Fsp3) is 0.375. The Bertz CT molecular complexity index is 1110. The van der Waals surface area contributed by atoms with E-state index in [1.165, 1.54) is 0 Å². The van der Waals surface area contributed by atoms with Crippen molar-refractivity contribution in [2.24, 2.45) is 0 Å². The van der Waals surface area contributed by atoms with E-state index in [1.54, 1.807) is 43.6 Å². The van der Waals surface area contributed by atoms with Gasteiger partial charge < -0.3 is 14.6 Å². The number of piperidine rings is 1. The van der Waals surface area contributed by atoms with E-state index < -0.39 is 12.3 Å². The topological polar surface area (TPSA) is 80.6 Å². The van der Waals surface area contributed by atoms with Crippen LogP contribution in [0, 0.1) is 0 Å². The summed E-state index contributed by atoms with van der Waals surface area (Å²) in [6, 6.07) is 12.7. The minimum atomic E-state index is -1.04. The van der Waals surface area contributed by atoms with Crippen molar-refractivity contribution in [3.63, 3.8) is 0 Å². The zero-order chi connectivity index (χ0) is 22.2. The van der Waals surface area contributed by atoms with Gasteiger partial charge in [-0.25, -0.2) is 9.37 Å². The van der Waals surface area contributed by atoms with Crippen LogP contribution in [-0.4, -0.2) is 63.7 Å². The quantitative estimate of drug-likeness (QED) is 0.650. The van der Waals surface area contributed by atoms with Gasteiger partial charge in [-0.3, -0.25) is 4.90 Å². The smallest absolute Gasteiger partial charge is 0.233 e. The largest absolute Gasteiger partial charge is 0.507 e. The van der Waals surface area contributed by atoms with E-state index in [2.05, 4.69) is 20.1 Å². The summed E-state index contributed by atoms with van der Waals surface area (Å²) >= 11 is 0. The molecule has 166 valence electrons. The Labute approximate surface area is 185 Å². The summed E-state index contributed by atoms with van der Waals surface area (Å²) in [6.45, 7) is 0. The number of phenols is 1. The second-order valence-corrected chi connectivity index (χ2v) is 8.38. The average molecular weight is 436 g/mol. The zero-order valence-corrected chi connectivity index (χ0v) is 18.0. The summed E-state index contributed by atoms with van der Waals surface area (Å²) in [5.41, 5.74) is 2.76. The summed E-state index contributed by atoms with van der Waals surface area (Å²) in [4.78, 5) is 6.23. The van der Waals surface area contributed by atoms with E-state index >= 15 is 0 Å². The van der Waals surface area contributed by atoms with Gasteiger partial charge in [0.15, 0.2) is 6.17 Å². The number of phenolic OH excluding ortho intramolecular Hbond substituents is 1. The first kappa shape index (κ1) is 20.6. The normalized spacial score (nSPS) is 25.0. The summed E-state index contributed by atoms with van der Waals surface area (Å²) in [6.07, 6.45) is 2.64. The van der Waals surface area contributed by atoms with Gasteiger partial charge in [0.25, 0.3) is 0 Å². The van der Waals surface area contributed by atoms with Crippen molar-refractivity contribution in [3.8, 4) is 39.9 Å². The highest BCUT2D eigenvalue weighted by Crippen LogP contribution is 2.38. The van der Waals surface area contributed by atoms with Gasteiger partial charge >= 0.3 is 0 Å². The minimum Gasteiger partial charge on any atom is -0.507 e. The van der Waals surface area contributed by atoms with Gasteiger partial charge in [-0.1, -0.05) is 6.07 Å². The lowest BCUT2D eigenvalue weighted by Gasteiger charge is -2.38. The first-order valence-electron chi connectivity index (χ1n) is 10.7. The van der Waals surface area contributed by atoms with E-state index in [1.807, 2.05) is 19.2 Å². The van der Waals surface area contributed by atoms with Gasteiger partial charge in [0.1, 0.15) is 11.9 Å². The number of rotatable bonds is 5. The second kappa shape index (κ2) is 8.35. The lowest BCUT2D eigenvalue weighted by molar-refractivity contribution is -0.0134. The Hall–Kier alpha value is -3.26. The maximum Gasteiger partial charge on any atom is 0.233 e. The third-order valence-corrected chi connectivity index (χ3v) is 6.59. The van der Waals surface area contributed by atoms with E-state index in [9.17, 15) is 9.50 Å². The van der Waals surface area contributed by atoms with Gasteiger partial charge in [0, 0.05) is 42.4 Å². The lowest BCUT2D eigenvalue weighted by Crippen LogP contribution is -2.52. The number of fused-ring (bicyclic) bond motifs is 2. The van der Waals surface area contributed by atoms with Crippen LogP contribution in [0.4, 0.5) is 4.39 Å². The predicted octanol–water partition coefficient (Wildman–Crippen LogP) is 3.87. The Balaban J connectivity index is 1.32. The third-order valence-electron chi connectivity index (χ3n) is 6.59. The number of benzene rings is 1. The number of hydrogen-bond acceptors (Lipinski definition) is 7. The maximum atomic E-state index is 14.8. The molecule has 4 heterocycles. The van der Waals surface area contributed by atoms with Crippen LogP contribution in [0.15, 0.2) is 48.7 Å². The van der Waals surface area contributed by atoms with Crippen LogP contribution in [0.5, 0.6) is 17.5 Å². The lowest BCUT2D eigenvalue weighted by atomic mass is 9.98. The fourth-order valence-electron chi connectivity index (χ4n) is 4.78. The maximum absolute atomic E-state index is 14.8. The van der Waals surface area contributed by atoms with Crippen molar-refractivity contribution in [1.82, 2.24) is 20.1 Å². The van der Waals surface area contributed by atoms with Gasteiger partial charge in [0.2, 0.25) is 11.8 Å². The number of methoxy groups -OCH3 is 1. The summed E-state index contributed by atoms with van der Waals surface area (Å²) in [5, 5.41) is 18.9. The fourth-order valence-corrected chi connectivity index (χ4v) is 4.78. The molecule has 5 rings (SSSR count). The molecule has 2 fully saturated rings. The molecule has 7 nitrogen and oxygen atoms in total. The van der Waals surface area contributed by atoms with E-state index in [0.29, 0.717) is 35.5 Å². The summed E-state index contributed by atoms with van der Waals surface area (Å²) in [5.74, 6) is 0.878. The Kier molecular flexibility index (Phi) is 5.38. The Morgan fingerprint density at radius 3 is 2.62 bits per heavy atom.